The number of rotatable bonds is 7. The third kappa shape index (κ3) is 5.58. The first-order valence-electron chi connectivity index (χ1n) is 6.90. The molecule has 0 radical (unpaired) electrons. The number of ether oxygens (including phenoxy) is 2. The summed E-state index contributed by atoms with van der Waals surface area (Å²) in [5.41, 5.74) is -0.233. The zero-order valence-electron chi connectivity index (χ0n) is 12.8. The van der Waals surface area contributed by atoms with E-state index < -0.39 is 35.3 Å². The highest BCUT2D eigenvalue weighted by Gasteiger charge is 2.18. The van der Waals surface area contributed by atoms with Crippen LogP contribution in [-0.2, 0) is 9.53 Å². The fourth-order valence-electron chi connectivity index (χ4n) is 1.77. The second-order valence-electron chi connectivity index (χ2n) is 4.65. The number of halogens is 2. The first-order valence-corrected chi connectivity index (χ1v) is 6.90. The van der Waals surface area contributed by atoms with Crippen LogP contribution in [0.15, 0.2) is 12.1 Å². The highest BCUT2D eigenvalue weighted by molar-refractivity contribution is 5.94. The molecule has 5 nitrogen and oxygen atoms in total. The van der Waals surface area contributed by atoms with E-state index in [1.807, 2.05) is 0 Å². The zero-order valence-corrected chi connectivity index (χ0v) is 12.8. The lowest BCUT2D eigenvalue weighted by atomic mass is 10.1. The van der Waals surface area contributed by atoms with Gasteiger partial charge in [0.2, 0.25) is 0 Å². The van der Waals surface area contributed by atoms with E-state index in [2.05, 4.69) is 11.2 Å². The Kier molecular flexibility index (Phi) is 7.00. The molecule has 1 N–H and O–H groups in total. The number of terminal acetylenes is 1. The number of amides is 1. The first-order chi connectivity index (χ1) is 10.9. The zero-order chi connectivity index (χ0) is 17.4. The van der Waals surface area contributed by atoms with Crippen LogP contribution in [0.4, 0.5) is 8.78 Å². The Balaban J connectivity index is 2.77. The summed E-state index contributed by atoms with van der Waals surface area (Å²) in [5, 5.41) is 2.46. The van der Waals surface area contributed by atoms with Gasteiger partial charge in [-0.15, -0.1) is 6.42 Å². The summed E-state index contributed by atoms with van der Waals surface area (Å²) in [6, 6.07) is 1.12. The summed E-state index contributed by atoms with van der Waals surface area (Å²) in [6.07, 6.45) is 4.90. The van der Waals surface area contributed by atoms with Crippen molar-refractivity contribution in [3.8, 4) is 18.1 Å². The summed E-state index contributed by atoms with van der Waals surface area (Å²) in [7, 11) is 0. The Morgan fingerprint density at radius 3 is 2.48 bits per heavy atom. The maximum Gasteiger partial charge on any atom is 0.307 e. The van der Waals surface area contributed by atoms with Crippen molar-refractivity contribution < 1.29 is 27.8 Å². The molecule has 0 aliphatic heterocycles. The predicted octanol–water partition coefficient (Wildman–Crippen LogP) is 2.05. The van der Waals surface area contributed by atoms with Crippen LogP contribution in [0, 0.1) is 24.0 Å². The van der Waals surface area contributed by atoms with Crippen LogP contribution in [-0.4, -0.2) is 31.1 Å². The van der Waals surface area contributed by atoms with Gasteiger partial charge in [0.1, 0.15) is 6.61 Å². The number of hydrogen-bond acceptors (Lipinski definition) is 4. The Morgan fingerprint density at radius 1 is 1.35 bits per heavy atom. The molecule has 0 fully saturated rings. The average Bonchev–Trinajstić information content (AvgIpc) is 2.46. The SMILES string of the molecule is C#CCOc1c(F)cc(C(=O)NC(C)CC(=O)OCC)cc1F. The van der Waals surface area contributed by atoms with Crippen LogP contribution in [0.25, 0.3) is 0 Å². The average molecular weight is 325 g/mol. The number of hydrogen-bond donors (Lipinski definition) is 1. The van der Waals surface area contributed by atoms with E-state index in [9.17, 15) is 18.4 Å². The number of carbonyl (C=O) groups excluding carboxylic acids is 2. The Hall–Kier alpha value is -2.62. The summed E-state index contributed by atoms with van der Waals surface area (Å²) >= 11 is 0. The van der Waals surface area contributed by atoms with E-state index in [-0.39, 0.29) is 25.2 Å². The monoisotopic (exact) mass is 325 g/mol. The summed E-state index contributed by atoms with van der Waals surface area (Å²) in [6.45, 7) is 3.17. The van der Waals surface area contributed by atoms with E-state index in [1.54, 1.807) is 13.8 Å². The molecule has 1 amide bonds. The van der Waals surface area contributed by atoms with Crippen LogP contribution in [0.5, 0.6) is 5.75 Å². The Bertz CT molecular complexity index is 602. The van der Waals surface area contributed by atoms with Crippen molar-refractivity contribution >= 4 is 11.9 Å². The van der Waals surface area contributed by atoms with Crippen molar-refractivity contribution in [1.29, 1.82) is 0 Å². The van der Waals surface area contributed by atoms with Crippen LogP contribution >= 0.6 is 0 Å². The molecule has 7 heteroatoms. The molecule has 23 heavy (non-hydrogen) atoms. The lowest BCUT2D eigenvalue weighted by Gasteiger charge is -2.14. The summed E-state index contributed by atoms with van der Waals surface area (Å²) in [5.74, 6) is -1.83. The smallest absolute Gasteiger partial charge is 0.307 e. The Labute approximate surface area is 133 Å². The molecule has 0 spiro atoms. The van der Waals surface area contributed by atoms with Gasteiger partial charge in [-0.25, -0.2) is 8.78 Å². The van der Waals surface area contributed by atoms with E-state index in [1.165, 1.54) is 0 Å². The molecule has 1 aromatic rings. The fraction of sp³-hybridized carbons (Fsp3) is 0.375. The van der Waals surface area contributed by atoms with Crippen molar-refractivity contribution in [1.82, 2.24) is 5.32 Å². The van der Waals surface area contributed by atoms with Crippen LogP contribution in [0.2, 0.25) is 0 Å². The van der Waals surface area contributed by atoms with Gasteiger partial charge >= 0.3 is 5.97 Å². The van der Waals surface area contributed by atoms with Gasteiger partial charge in [-0.3, -0.25) is 9.59 Å². The molecule has 0 aliphatic rings. The van der Waals surface area contributed by atoms with Gasteiger partial charge in [0, 0.05) is 11.6 Å². The van der Waals surface area contributed by atoms with E-state index in [4.69, 9.17) is 15.9 Å². The number of carbonyl (C=O) groups is 2. The number of nitrogens with one attached hydrogen (secondary N) is 1. The molecule has 0 bridgehead atoms. The maximum atomic E-state index is 13.8. The molecular weight excluding hydrogens is 308 g/mol. The largest absolute Gasteiger partial charge is 0.475 e. The standard InChI is InChI=1S/C16H17F2NO4/c1-4-6-23-15-12(17)8-11(9-13(15)18)16(21)19-10(3)7-14(20)22-5-2/h1,8-10H,5-7H2,2-3H3,(H,19,21). The van der Waals surface area contributed by atoms with Crippen molar-refractivity contribution in [2.24, 2.45) is 0 Å². The molecule has 0 saturated carbocycles. The topological polar surface area (TPSA) is 64.6 Å². The first kappa shape index (κ1) is 18.4. The maximum absolute atomic E-state index is 13.8. The highest BCUT2D eigenvalue weighted by atomic mass is 19.1. The highest BCUT2D eigenvalue weighted by Crippen LogP contribution is 2.23. The Morgan fingerprint density at radius 2 is 1.96 bits per heavy atom. The molecule has 1 unspecified atom stereocenters. The molecule has 1 atom stereocenters. The van der Waals surface area contributed by atoms with E-state index in [0.29, 0.717) is 0 Å². The molecule has 124 valence electrons. The van der Waals surface area contributed by atoms with Gasteiger partial charge in [0.25, 0.3) is 5.91 Å². The lowest BCUT2D eigenvalue weighted by molar-refractivity contribution is -0.143. The molecular formula is C16H17F2NO4. The van der Waals surface area contributed by atoms with Crippen molar-refractivity contribution in [2.45, 2.75) is 26.3 Å². The third-order valence-electron chi connectivity index (χ3n) is 2.72. The molecule has 0 aliphatic carbocycles. The lowest BCUT2D eigenvalue weighted by Crippen LogP contribution is -2.34. The normalized spacial score (nSPS) is 11.3. The van der Waals surface area contributed by atoms with Gasteiger partial charge in [-0.05, 0) is 26.0 Å². The van der Waals surface area contributed by atoms with E-state index in [0.717, 1.165) is 12.1 Å². The number of esters is 1. The van der Waals surface area contributed by atoms with Crippen LogP contribution < -0.4 is 10.1 Å². The fourth-order valence-corrected chi connectivity index (χ4v) is 1.77. The van der Waals surface area contributed by atoms with E-state index >= 15 is 0 Å². The molecule has 0 saturated heterocycles. The second-order valence-corrected chi connectivity index (χ2v) is 4.65. The summed E-state index contributed by atoms with van der Waals surface area (Å²) in [4.78, 5) is 23.3. The van der Waals surface area contributed by atoms with Crippen LogP contribution in [0.3, 0.4) is 0 Å². The minimum atomic E-state index is -1.04. The second kappa shape index (κ2) is 8.73. The molecule has 1 rings (SSSR count). The summed E-state index contributed by atoms with van der Waals surface area (Å²) < 4.78 is 37.0. The molecule has 0 aromatic heterocycles. The number of benzene rings is 1. The minimum absolute atomic E-state index is 0.0477. The van der Waals surface area contributed by atoms with Gasteiger partial charge in [0.15, 0.2) is 17.4 Å². The molecule has 1 aromatic carbocycles. The third-order valence-corrected chi connectivity index (χ3v) is 2.72. The van der Waals surface area contributed by atoms with Gasteiger partial charge in [-0.1, -0.05) is 5.92 Å². The van der Waals surface area contributed by atoms with Crippen molar-refractivity contribution in [3.63, 3.8) is 0 Å². The predicted molar refractivity (Wildman–Crippen MR) is 78.9 cm³/mol. The van der Waals surface area contributed by atoms with Gasteiger partial charge < -0.3 is 14.8 Å². The quantitative estimate of drug-likeness (QED) is 0.615. The van der Waals surface area contributed by atoms with Crippen molar-refractivity contribution in [2.75, 3.05) is 13.2 Å². The van der Waals surface area contributed by atoms with Crippen molar-refractivity contribution in [3.05, 3.63) is 29.3 Å². The van der Waals surface area contributed by atoms with Gasteiger partial charge in [-0.2, -0.15) is 0 Å². The molecule has 0 heterocycles. The van der Waals surface area contributed by atoms with Crippen LogP contribution in [0.1, 0.15) is 30.6 Å². The minimum Gasteiger partial charge on any atom is -0.475 e. The van der Waals surface area contributed by atoms with Gasteiger partial charge in [0.05, 0.1) is 13.0 Å².